The highest BCUT2D eigenvalue weighted by Gasteiger charge is 2.35. The molecule has 24 heavy (non-hydrogen) atoms. The van der Waals surface area contributed by atoms with Gasteiger partial charge in [0, 0.05) is 11.4 Å². The highest BCUT2D eigenvalue weighted by Crippen LogP contribution is 2.31. The van der Waals surface area contributed by atoms with Crippen molar-refractivity contribution in [2.24, 2.45) is 5.73 Å². The molecule has 3 rings (SSSR count). The second-order valence-corrected chi connectivity index (χ2v) is 6.73. The first-order valence-corrected chi connectivity index (χ1v) is 8.46. The molecule has 1 heterocycles. The number of thiophene rings is 1. The predicted octanol–water partition coefficient (Wildman–Crippen LogP) is 2.32. The second-order valence-electron chi connectivity index (χ2n) is 5.82. The first kappa shape index (κ1) is 16.6. The van der Waals surface area contributed by atoms with Crippen molar-refractivity contribution < 1.29 is 19.1 Å². The number of hydrogen-bond acceptors (Lipinski definition) is 4. The lowest BCUT2D eigenvalue weighted by atomic mass is 10.1. The fourth-order valence-corrected chi connectivity index (χ4v) is 3.33. The smallest absolute Gasteiger partial charge is 0.264 e. The highest BCUT2D eigenvalue weighted by atomic mass is 32.1. The van der Waals surface area contributed by atoms with Gasteiger partial charge in [0.2, 0.25) is 5.91 Å². The van der Waals surface area contributed by atoms with Gasteiger partial charge in [-0.25, -0.2) is 4.39 Å². The van der Waals surface area contributed by atoms with Crippen LogP contribution in [0.5, 0.6) is 0 Å². The molecule has 1 unspecified atom stereocenters. The van der Waals surface area contributed by atoms with Crippen LogP contribution in [-0.2, 0) is 0 Å². The van der Waals surface area contributed by atoms with Gasteiger partial charge in [-0.15, -0.1) is 11.3 Å². The molecule has 1 aromatic carbocycles. The molecule has 0 aliphatic heterocycles. The molecule has 126 valence electrons. The molecule has 2 aromatic rings. The Morgan fingerprint density at radius 2 is 2.00 bits per heavy atom. The van der Waals surface area contributed by atoms with Crippen molar-refractivity contribution in [3.05, 3.63) is 57.5 Å². The van der Waals surface area contributed by atoms with Crippen LogP contribution >= 0.6 is 11.3 Å². The molecule has 3 N–H and O–H groups in total. The van der Waals surface area contributed by atoms with Gasteiger partial charge in [-0.3, -0.25) is 9.59 Å². The van der Waals surface area contributed by atoms with Gasteiger partial charge < -0.3 is 15.7 Å². The van der Waals surface area contributed by atoms with Gasteiger partial charge in [0.25, 0.3) is 5.91 Å². The van der Waals surface area contributed by atoms with Crippen molar-refractivity contribution in [1.29, 1.82) is 0 Å². The Morgan fingerprint density at radius 1 is 1.33 bits per heavy atom. The van der Waals surface area contributed by atoms with Crippen LogP contribution in [-0.4, -0.2) is 34.4 Å². The lowest BCUT2D eigenvalue weighted by molar-refractivity contribution is 0.0607. The van der Waals surface area contributed by atoms with Crippen molar-refractivity contribution in [1.82, 2.24) is 4.90 Å². The average molecular weight is 348 g/mol. The van der Waals surface area contributed by atoms with Crippen LogP contribution in [0.3, 0.4) is 0 Å². The topological polar surface area (TPSA) is 83.6 Å². The number of rotatable bonds is 6. The fourth-order valence-electron chi connectivity index (χ4n) is 2.48. The minimum atomic E-state index is -0.897. The van der Waals surface area contributed by atoms with Crippen LogP contribution in [0.4, 0.5) is 4.39 Å². The van der Waals surface area contributed by atoms with Gasteiger partial charge in [0.05, 0.1) is 23.1 Å². The molecule has 0 bridgehead atoms. The SMILES string of the molecule is NC(=O)c1csc(C(=O)N(CC(O)c2ccc(F)cc2)C2CC2)c1. The summed E-state index contributed by atoms with van der Waals surface area (Å²) < 4.78 is 13.0. The molecule has 1 aliphatic rings. The lowest BCUT2D eigenvalue weighted by Crippen LogP contribution is -2.36. The summed E-state index contributed by atoms with van der Waals surface area (Å²) in [4.78, 5) is 25.9. The van der Waals surface area contributed by atoms with Crippen molar-refractivity contribution in [3.63, 3.8) is 0 Å². The molecular formula is C17H17FN2O3S. The first-order valence-electron chi connectivity index (χ1n) is 7.58. The van der Waals surface area contributed by atoms with Gasteiger partial charge in [-0.1, -0.05) is 12.1 Å². The van der Waals surface area contributed by atoms with E-state index in [2.05, 4.69) is 0 Å². The van der Waals surface area contributed by atoms with Crippen molar-refractivity contribution in [2.45, 2.75) is 25.0 Å². The van der Waals surface area contributed by atoms with E-state index in [9.17, 15) is 19.1 Å². The molecule has 1 atom stereocenters. The van der Waals surface area contributed by atoms with E-state index in [1.807, 2.05) is 0 Å². The number of benzene rings is 1. The predicted molar refractivity (Wildman–Crippen MR) is 88.3 cm³/mol. The Bertz CT molecular complexity index is 755. The van der Waals surface area contributed by atoms with E-state index in [1.165, 1.54) is 30.3 Å². The average Bonchev–Trinajstić information content (AvgIpc) is 3.27. The van der Waals surface area contributed by atoms with E-state index in [0.29, 0.717) is 16.0 Å². The Morgan fingerprint density at radius 3 is 2.54 bits per heavy atom. The third-order valence-corrected chi connectivity index (χ3v) is 4.89. The zero-order chi connectivity index (χ0) is 17.3. The summed E-state index contributed by atoms with van der Waals surface area (Å²) in [7, 11) is 0. The maximum Gasteiger partial charge on any atom is 0.264 e. The minimum Gasteiger partial charge on any atom is -0.387 e. The van der Waals surface area contributed by atoms with Gasteiger partial charge in [0.1, 0.15) is 5.82 Å². The summed E-state index contributed by atoms with van der Waals surface area (Å²) >= 11 is 1.16. The molecule has 7 heteroatoms. The van der Waals surface area contributed by atoms with Crippen LogP contribution in [0, 0.1) is 5.82 Å². The molecule has 0 radical (unpaired) electrons. The third-order valence-electron chi connectivity index (χ3n) is 3.97. The summed E-state index contributed by atoms with van der Waals surface area (Å²) in [6, 6.07) is 7.14. The van der Waals surface area contributed by atoms with Gasteiger partial charge in [0.15, 0.2) is 0 Å². The monoisotopic (exact) mass is 348 g/mol. The first-order chi connectivity index (χ1) is 11.5. The number of nitrogens with zero attached hydrogens (tertiary/aromatic N) is 1. The van der Waals surface area contributed by atoms with Crippen molar-refractivity contribution in [3.8, 4) is 0 Å². The highest BCUT2D eigenvalue weighted by molar-refractivity contribution is 7.12. The van der Waals surface area contributed by atoms with Gasteiger partial charge in [-0.2, -0.15) is 0 Å². The van der Waals surface area contributed by atoms with E-state index in [-0.39, 0.29) is 24.3 Å². The second kappa shape index (κ2) is 6.70. The normalized spacial score (nSPS) is 15.1. The zero-order valence-electron chi connectivity index (χ0n) is 12.8. The summed E-state index contributed by atoms with van der Waals surface area (Å²) in [5.74, 6) is -1.18. The number of carbonyl (C=O) groups is 2. The maximum atomic E-state index is 13.0. The number of aliphatic hydroxyl groups is 1. The third kappa shape index (κ3) is 3.63. The van der Waals surface area contributed by atoms with Crippen LogP contribution in [0.15, 0.2) is 35.7 Å². The van der Waals surface area contributed by atoms with Crippen LogP contribution in [0.2, 0.25) is 0 Å². The zero-order valence-corrected chi connectivity index (χ0v) is 13.6. The van der Waals surface area contributed by atoms with Crippen molar-refractivity contribution >= 4 is 23.2 Å². The van der Waals surface area contributed by atoms with Crippen LogP contribution < -0.4 is 5.73 Å². The lowest BCUT2D eigenvalue weighted by Gasteiger charge is -2.25. The summed E-state index contributed by atoms with van der Waals surface area (Å²) in [6.07, 6.45) is 0.872. The minimum absolute atomic E-state index is 0.0896. The van der Waals surface area contributed by atoms with Crippen molar-refractivity contribution in [2.75, 3.05) is 6.54 Å². The molecular weight excluding hydrogens is 331 g/mol. The standard InChI is InChI=1S/C17H17FN2O3S/c18-12-3-1-10(2-4-12)14(21)8-20(13-5-6-13)17(23)15-7-11(9-24-15)16(19)22/h1-4,7,9,13-14,21H,5-6,8H2,(H2,19,22). The molecule has 0 spiro atoms. The van der Waals surface area contributed by atoms with E-state index < -0.39 is 12.0 Å². The van der Waals surface area contributed by atoms with Crippen LogP contribution in [0.25, 0.3) is 0 Å². The maximum absolute atomic E-state index is 13.0. The number of nitrogens with two attached hydrogens (primary N) is 1. The molecule has 2 amide bonds. The Hall–Kier alpha value is -2.25. The molecule has 5 nitrogen and oxygen atoms in total. The Labute approximate surface area is 142 Å². The number of hydrogen-bond donors (Lipinski definition) is 2. The molecule has 1 saturated carbocycles. The molecule has 0 saturated heterocycles. The largest absolute Gasteiger partial charge is 0.387 e. The van der Waals surface area contributed by atoms with E-state index >= 15 is 0 Å². The quantitative estimate of drug-likeness (QED) is 0.840. The number of amides is 2. The van der Waals surface area contributed by atoms with Crippen LogP contribution in [0.1, 0.15) is 44.5 Å². The fraction of sp³-hybridized carbons (Fsp3) is 0.294. The molecule has 1 aromatic heterocycles. The summed E-state index contributed by atoms with van der Waals surface area (Å²) in [5.41, 5.74) is 6.07. The number of halogens is 1. The summed E-state index contributed by atoms with van der Waals surface area (Å²) in [5, 5.41) is 11.9. The van der Waals surface area contributed by atoms with E-state index in [0.717, 1.165) is 24.2 Å². The molecule has 1 aliphatic carbocycles. The van der Waals surface area contributed by atoms with Gasteiger partial charge in [-0.05, 0) is 36.6 Å². The number of aliphatic hydroxyl groups excluding tert-OH is 1. The summed E-state index contributed by atoms with van der Waals surface area (Å²) in [6.45, 7) is 0.124. The van der Waals surface area contributed by atoms with Gasteiger partial charge >= 0.3 is 0 Å². The Kier molecular flexibility index (Phi) is 4.64. The Balaban J connectivity index is 1.75. The van der Waals surface area contributed by atoms with E-state index in [4.69, 9.17) is 5.73 Å². The van der Waals surface area contributed by atoms with E-state index in [1.54, 1.807) is 10.3 Å². The number of primary amides is 1. The number of carbonyl (C=O) groups excluding carboxylic acids is 2. The molecule has 1 fully saturated rings.